The van der Waals surface area contributed by atoms with E-state index in [-0.39, 0.29) is 30.2 Å². The van der Waals surface area contributed by atoms with Gasteiger partial charge in [0.15, 0.2) is 5.75 Å². The lowest BCUT2D eigenvalue weighted by molar-refractivity contribution is -0.274. The lowest BCUT2D eigenvalue weighted by Crippen LogP contribution is -2.34. The average molecular weight is 353 g/mol. The molecule has 0 aliphatic carbocycles. The number of ether oxygens (including phenoxy) is 1. The number of amides is 2. The third kappa shape index (κ3) is 4.65. The summed E-state index contributed by atoms with van der Waals surface area (Å²) in [5.74, 6) is -2.32. The van der Waals surface area contributed by atoms with Crippen molar-refractivity contribution in [3.8, 4) is 5.75 Å². The van der Waals surface area contributed by atoms with Crippen molar-refractivity contribution in [2.24, 2.45) is 5.92 Å². The number of carboxylic acid groups (broad SMARTS) is 1. The van der Waals surface area contributed by atoms with Gasteiger partial charge >= 0.3 is 18.4 Å². The van der Waals surface area contributed by atoms with E-state index in [1.165, 1.54) is 11.0 Å². The van der Waals surface area contributed by atoms with E-state index in [1.807, 2.05) is 0 Å². The van der Waals surface area contributed by atoms with Crippen molar-refractivity contribution < 1.29 is 32.6 Å². The fraction of sp³-hybridized carbons (Fsp3) is 0.385. The number of alkyl halides is 3. The lowest BCUT2D eigenvalue weighted by atomic mass is 10.1. The van der Waals surface area contributed by atoms with E-state index in [4.69, 9.17) is 16.7 Å². The Bertz CT molecular complexity index is 624. The Morgan fingerprint density at radius 2 is 2.09 bits per heavy atom. The number of halogens is 4. The first kappa shape index (κ1) is 17.2. The van der Waals surface area contributed by atoms with Gasteiger partial charge in [0.25, 0.3) is 0 Å². The van der Waals surface area contributed by atoms with Crippen LogP contribution in [0.4, 0.5) is 23.7 Å². The van der Waals surface area contributed by atoms with Gasteiger partial charge in [-0.3, -0.25) is 4.79 Å². The number of carboxylic acids is 1. The Morgan fingerprint density at radius 1 is 1.39 bits per heavy atom. The predicted molar refractivity (Wildman–Crippen MR) is 74.5 cm³/mol. The standard InChI is InChI=1S/C13H12ClF3N2O4/c14-8-1-2-10(23-13(15,16)17)9(5-8)18-12(22)19-4-3-7(6-19)11(20)21/h1-2,5,7H,3-4,6H2,(H,18,22)(H,20,21). The molecule has 6 nitrogen and oxygen atoms in total. The molecular formula is C13H12ClF3N2O4. The monoisotopic (exact) mass is 352 g/mol. The largest absolute Gasteiger partial charge is 0.573 e. The van der Waals surface area contributed by atoms with Crippen molar-refractivity contribution in [1.29, 1.82) is 0 Å². The third-order valence-corrected chi connectivity index (χ3v) is 3.47. The highest BCUT2D eigenvalue weighted by Crippen LogP contribution is 2.33. The average Bonchev–Trinajstić information content (AvgIpc) is 2.90. The molecule has 0 saturated carbocycles. The van der Waals surface area contributed by atoms with Crippen LogP contribution in [0.15, 0.2) is 18.2 Å². The molecule has 2 rings (SSSR count). The second kappa shape index (κ2) is 6.53. The minimum absolute atomic E-state index is 0.0167. The SMILES string of the molecule is O=C(O)C1CCN(C(=O)Nc2cc(Cl)ccc2OC(F)(F)F)C1. The first-order valence-electron chi connectivity index (χ1n) is 6.50. The highest BCUT2D eigenvalue weighted by Gasteiger charge is 2.34. The fourth-order valence-electron chi connectivity index (χ4n) is 2.15. The number of hydrogen-bond donors (Lipinski definition) is 2. The number of nitrogens with zero attached hydrogens (tertiary/aromatic N) is 1. The zero-order chi connectivity index (χ0) is 17.2. The van der Waals surface area contributed by atoms with E-state index in [9.17, 15) is 22.8 Å². The zero-order valence-corrected chi connectivity index (χ0v) is 12.3. The number of rotatable bonds is 3. The molecule has 1 fully saturated rings. The van der Waals surface area contributed by atoms with E-state index >= 15 is 0 Å². The van der Waals surface area contributed by atoms with Crippen LogP contribution in [0.5, 0.6) is 5.75 Å². The highest BCUT2D eigenvalue weighted by atomic mass is 35.5. The van der Waals surface area contributed by atoms with Gasteiger partial charge in [0, 0.05) is 18.1 Å². The summed E-state index contributed by atoms with van der Waals surface area (Å²) in [6, 6.07) is 2.57. The predicted octanol–water partition coefficient (Wildman–Crippen LogP) is 3.18. The molecule has 10 heteroatoms. The third-order valence-electron chi connectivity index (χ3n) is 3.23. The first-order valence-corrected chi connectivity index (χ1v) is 6.87. The molecule has 1 heterocycles. The number of carbonyl (C=O) groups is 2. The van der Waals surface area contributed by atoms with Gasteiger partial charge in [0.05, 0.1) is 11.6 Å². The Kier molecular flexibility index (Phi) is 4.88. The summed E-state index contributed by atoms with van der Waals surface area (Å²) in [7, 11) is 0. The summed E-state index contributed by atoms with van der Waals surface area (Å²) in [4.78, 5) is 24.1. The molecule has 23 heavy (non-hydrogen) atoms. The van der Waals surface area contributed by atoms with Crippen LogP contribution >= 0.6 is 11.6 Å². The van der Waals surface area contributed by atoms with Gasteiger partial charge in [0.2, 0.25) is 0 Å². The minimum Gasteiger partial charge on any atom is -0.481 e. The number of hydrogen-bond acceptors (Lipinski definition) is 3. The van der Waals surface area contributed by atoms with Crippen LogP contribution in [0.1, 0.15) is 6.42 Å². The quantitative estimate of drug-likeness (QED) is 0.875. The number of benzene rings is 1. The maximum atomic E-state index is 12.4. The molecule has 126 valence electrons. The molecule has 0 spiro atoms. The van der Waals surface area contributed by atoms with Crippen molar-refractivity contribution in [2.45, 2.75) is 12.8 Å². The Balaban J connectivity index is 2.11. The van der Waals surface area contributed by atoms with Gasteiger partial charge in [0.1, 0.15) is 0 Å². The summed E-state index contributed by atoms with van der Waals surface area (Å²) < 4.78 is 40.9. The van der Waals surface area contributed by atoms with Crippen LogP contribution in [-0.2, 0) is 4.79 Å². The van der Waals surface area contributed by atoms with Crippen molar-refractivity contribution in [3.05, 3.63) is 23.2 Å². The molecular weight excluding hydrogens is 341 g/mol. The Hall–Kier alpha value is -2.16. The molecule has 1 aliphatic rings. The molecule has 1 unspecified atom stereocenters. The molecule has 1 atom stereocenters. The van der Waals surface area contributed by atoms with E-state index in [0.717, 1.165) is 12.1 Å². The second-order valence-corrected chi connectivity index (χ2v) is 5.32. The van der Waals surface area contributed by atoms with Gasteiger partial charge < -0.3 is 20.1 Å². The maximum absolute atomic E-state index is 12.4. The van der Waals surface area contributed by atoms with Crippen LogP contribution in [0, 0.1) is 5.92 Å². The fourth-order valence-corrected chi connectivity index (χ4v) is 2.33. The van der Waals surface area contributed by atoms with Crippen LogP contribution in [0.2, 0.25) is 5.02 Å². The van der Waals surface area contributed by atoms with Gasteiger partial charge in [-0.2, -0.15) is 0 Å². The van der Waals surface area contributed by atoms with Gasteiger partial charge in [-0.1, -0.05) is 11.6 Å². The smallest absolute Gasteiger partial charge is 0.481 e. The summed E-state index contributed by atoms with van der Waals surface area (Å²) in [5, 5.41) is 11.3. The maximum Gasteiger partial charge on any atom is 0.573 e. The van der Waals surface area contributed by atoms with E-state index in [1.54, 1.807) is 0 Å². The number of carbonyl (C=O) groups excluding carboxylic acids is 1. The number of anilines is 1. The summed E-state index contributed by atoms with van der Waals surface area (Å²) in [6.07, 6.45) is -4.64. The molecule has 2 amide bonds. The van der Waals surface area contributed by atoms with Crippen LogP contribution in [0.3, 0.4) is 0 Å². The van der Waals surface area contributed by atoms with Crippen molar-refractivity contribution in [2.75, 3.05) is 18.4 Å². The molecule has 0 aromatic heterocycles. The number of likely N-dealkylation sites (tertiary alicyclic amines) is 1. The topological polar surface area (TPSA) is 78.9 Å². The summed E-state index contributed by atoms with van der Waals surface area (Å²) >= 11 is 5.72. The van der Waals surface area contributed by atoms with Gasteiger partial charge in [-0.05, 0) is 24.6 Å². The number of nitrogens with one attached hydrogen (secondary N) is 1. The van der Waals surface area contributed by atoms with Crippen LogP contribution in [-0.4, -0.2) is 41.5 Å². The van der Waals surface area contributed by atoms with Crippen molar-refractivity contribution >= 4 is 29.3 Å². The van der Waals surface area contributed by atoms with Gasteiger partial charge in [-0.25, -0.2) is 4.79 Å². The Labute approximate surface area is 133 Å². The minimum atomic E-state index is -4.92. The molecule has 2 N–H and O–H groups in total. The van der Waals surface area contributed by atoms with Gasteiger partial charge in [-0.15, -0.1) is 13.2 Å². The van der Waals surface area contributed by atoms with E-state index in [0.29, 0.717) is 0 Å². The normalized spacial score (nSPS) is 17.9. The molecule has 0 bridgehead atoms. The molecule has 0 radical (unpaired) electrons. The second-order valence-electron chi connectivity index (χ2n) is 4.89. The van der Waals surface area contributed by atoms with Crippen LogP contribution < -0.4 is 10.1 Å². The Morgan fingerprint density at radius 3 is 2.65 bits per heavy atom. The van der Waals surface area contributed by atoms with Crippen molar-refractivity contribution in [3.63, 3.8) is 0 Å². The first-order chi connectivity index (χ1) is 10.7. The number of aliphatic carboxylic acids is 1. The molecule has 1 aromatic carbocycles. The lowest BCUT2D eigenvalue weighted by Gasteiger charge is -2.19. The summed E-state index contributed by atoms with van der Waals surface area (Å²) in [5.41, 5.74) is -0.251. The molecule has 1 saturated heterocycles. The molecule has 1 aromatic rings. The van der Waals surface area contributed by atoms with E-state index < -0.39 is 30.0 Å². The number of urea groups is 1. The van der Waals surface area contributed by atoms with Crippen LogP contribution in [0.25, 0.3) is 0 Å². The molecule has 1 aliphatic heterocycles. The highest BCUT2D eigenvalue weighted by molar-refractivity contribution is 6.31. The van der Waals surface area contributed by atoms with Crippen molar-refractivity contribution in [1.82, 2.24) is 4.90 Å². The summed E-state index contributed by atoms with van der Waals surface area (Å²) in [6.45, 7) is 0.177. The zero-order valence-electron chi connectivity index (χ0n) is 11.6. The van der Waals surface area contributed by atoms with E-state index in [2.05, 4.69) is 10.1 Å².